The second-order valence-corrected chi connectivity index (χ2v) is 5.41. The first-order valence-corrected chi connectivity index (χ1v) is 9.34. The Morgan fingerprint density at radius 3 is 2.81 bits per heavy atom. The van der Waals surface area contributed by atoms with Crippen LogP contribution in [0.2, 0.25) is 0 Å². The normalized spacial score (nSPS) is 23.8. The zero-order valence-corrected chi connectivity index (χ0v) is 14.1. The van der Waals surface area contributed by atoms with E-state index in [1.54, 1.807) is 0 Å². The number of piperidine rings is 2. The first-order chi connectivity index (χ1) is 10.3. The first-order valence-electron chi connectivity index (χ1n) is 7.18. The minimum Gasteiger partial charge on any atom is -0.331 e. The van der Waals surface area contributed by atoms with Crippen LogP contribution in [0.4, 0.5) is 0 Å². The summed E-state index contributed by atoms with van der Waals surface area (Å²) in [5.74, 6) is 0.0636. The van der Waals surface area contributed by atoms with E-state index in [1.807, 2.05) is 34.1 Å². The lowest BCUT2D eigenvalue weighted by atomic mass is 9.92. The standard InChI is InChI=1S/C14H16N4O.CH3I/c19-14(18-8-9-5-6-10(18)7-15-9)13-11-3-1-2-4-12(11)16-17-13;1-2/h1-4,9-10,15H,5-8H2,(H,16,17);1H3. The lowest BCUT2D eigenvalue weighted by Crippen LogP contribution is -2.62. The van der Waals surface area contributed by atoms with E-state index in [1.165, 1.54) is 6.42 Å². The summed E-state index contributed by atoms with van der Waals surface area (Å²) in [6, 6.07) is 8.57. The van der Waals surface area contributed by atoms with Crippen LogP contribution in [0.1, 0.15) is 23.3 Å². The third-order valence-electron chi connectivity index (χ3n) is 4.28. The molecule has 2 N–H and O–H groups in total. The maximum Gasteiger partial charge on any atom is 0.275 e. The quantitative estimate of drug-likeness (QED) is 0.572. The third kappa shape index (κ3) is 2.66. The molecule has 21 heavy (non-hydrogen) atoms. The fraction of sp³-hybridized carbons (Fsp3) is 0.467. The van der Waals surface area contributed by atoms with E-state index in [9.17, 15) is 4.79 Å². The van der Waals surface area contributed by atoms with Crippen molar-refractivity contribution in [2.45, 2.75) is 24.9 Å². The van der Waals surface area contributed by atoms with Gasteiger partial charge in [-0.25, -0.2) is 0 Å². The van der Waals surface area contributed by atoms with Crippen LogP contribution in [0, 0.1) is 0 Å². The number of fused-ring (bicyclic) bond motifs is 4. The van der Waals surface area contributed by atoms with Gasteiger partial charge < -0.3 is 10.2 Å². The predicted molar refractivity (Wildman–Crippen MR) is 91.9 cm³/mol. The first kappa shape index (κ1) is 14.8. The summed E-state index contributed by atoms with van der Waals surface area (Å²) in [5.41, 5.74) is 1.48. The highest BCUT2D eigenvalue weighted by atomic mass is 127. The smallest absolute Gasteiger partial charge is 0.275 e. The summed E-state index contributed by atoms with van der Waals surface area (Å²) in [6.45, 7) is 1.73. The Morgan fingerprint density at radius 2 is 2.14 bits per heavy atom. The molecule has 2 unspecified atom stereocenters. The molecule has 0 saturated carbocycles. The van der Waals surface area contributed by atoms with Gasteiger partial charge in [-0.1, -0.05) is 40.8 Å². The lowest BCUT2D eigenvalue weighted by molar-refractivity contribution is 0.0437. The molecular weight excluding hydrogens is 379 g/mol. The van der Waals surface area contributed by atoms with Gasteiger partial charge in [-0.3, -0.25) is 9.89 Å². The van der Waals surface area contributed by atoms with Crippen molar-refractivity contribution < 1.29 is 4.79 Å². The molecule has 2 bridgehead atoms. The van der Waals surface area contributed by atoms with Gasteiger partial charge in [0, 0.05) is 30.6 Å². The van der Waals surface area contributed by atoms with Crippen LogP contribution >= 0.6 is 22.6 Å². The largest absolute Gasteiger partial charge is 0.331 e. The Morgan fingerprint density at radius 1 is 1.33 bits per heavy atom. The molecule has 0 radical (unpaired) electrons. The molecule has 3 saturated heterocycles. The van der Waals surface area contributed by atoms with Crippen LogP contribution in [0.3, 0.4) is 0 Å². The molecule has 1 aromatic carbocycles. The second kappa shape index (κ2) is 6.31. The van der Waals surface area contributed by atoms with Crippen molar-refractivity contribution >= 4 is 39.4 Å². The van der Waals surface area contributed by atoms with Crippen molar-refractivity contribution in [2.75, 3.05) is 18.0 Å². The molecule has 4 heterocycles. The number of benzene rings is 1. The minimum atomic E-state index is 0.0636. The van der Waals surface area contributed by atoms with Gasteiger partial charge in [0.1, 0.15) is 0 Å². The molecular formula is C15H19IN4O. The van der Waals surface area contributed by atoms with Crippen molar-refractivity contribution in [3.63, 3.8) is 0 Å². The van der Waals surface area contributed by atoms with E-state index in [0.29, 0.717) is 17.8 Å². The Kier molecular flexibility index (Phi) is 4.44. The third-order valence-corrected chi connectivity index (χ3v) is 4.28. The molecule has 1 aromatic heterocycles. The number of aromatic nitrogens is 2. The van der Waals surface area contributed by atoms with Gasteiger partial charge in [0.05, 0.1) is 5.52 Å². The monoisotopic (exact) mass is 398 g/mol. The van der Waals surface area contributed by atoms with Crippen molar-refractivity contribution in [3.05, 3.63) is 30.0 Å². The van der Waals surface area contributed by atoms with E-state index in [-0.39, 0.29) is 5.91 Å². The average Bonchev–Trinajstić information content (AvgIpc) is 3.01. The van der Waals surface area contributed by atoms with Crippen LogP contribution in [0.25, 0.3) is 10.9 Å². The Hall–Kier alpha value is -1.15. The van der Waals surface area contributed by atoms with Crippen LogP contribution < -0.4 is 5.32 Å². The molecule has 3 fully saturated rings. The Balaban J connectivity index is 0.000000636. The van der Waals surface area contributed by atoms with Gasteiger partial charge in [-0.15, -0.1) is 0 Å². The zero-order chi connectivity index (χ0) is 14.8. The maximum absolute atomic E-state index is 12.7. The number of carbonyl (C=O) groups excluding carboxylic acids is 1. The van der Waals surface area contributed by atoms with Crippen molar-refractivity contribution in [2.24, 2.45) is 0 Å². The van der Waals surface area contributed by atoms with Gasteiger partial charge in [0.2, 0.25) is 0 Å². The molecule has 3 aliphatic heterocycles. The molecule has 0 aliphatic carbocycles. The highest BCUT2D eigenvalue weighted by Gasteiger charge is 2.37. The van der Waals surface area contributed by atoms with Gasteiger partial charge in [-0.2, -0.15) is 5.10 Å². The number of rotatable bonds is 1. The Bertz CT molecular complexity index is 633. The topological polar surface area (TPSA) is 61.0 Å². The molecule has 5 nitrogen and oxygen atoms in total. The summed E-state index contributed by atoms with van der Waals surface area (Å²) in [6.07, 6.45) is 2.28. The predicted octanol–water partition coefficient (Wildman–Crippen LogP) is 2.19. The molecule has 3 aliphatic rings. The summed E-state index contributed by atoms with van der Waals surface area (Å²) < 4.78 is 0. The SMILES string of the molecule is CI.O=C(c1n[nH]c2ccccc12)N1CC2CCC1CN2. The van der Waals surface area contributed by atoms with Crippen molar-refractivity contribution in [3.8, 4) is 0 Å². The number of aromatic amines is 1. The molecule has 2 atom stereocenters. The summed E-state index contributed by atoms with van der Waals surface area (Å²) in [7, 11) is 0. The highest BCUT2D eigenvalue weighted by Crippen LogP contribution is 2.25. The van der Waals surface area contributed by atoms with E-state index in [2.05, 4.69) is 38.1 Å². The Labute approximate surface area is 137 Å². The van der Waals surface area contributed by atoms with Gasteiger partial charge in [-0.05, 0) is 23.8 Å². The van der Waals surface area contributed by atoms with Crippen LogP contribution in [0.15, 0.2) is 24.3 Å². The summed E-state index contributed by atoms with van der Waals surface area (Å²) in [4.78, 5) is 16.6. The van der Waals surface area contributed by atoms with Crippen molar-refractivity contribution in [1.29, 1.82) is 0 Å². The summed E-state index contributed by atoms with van der Waals surface area (Å²) >= 11 is 2.15. The number of nitrogens with zero attached hydrogens (tertiary/aromatic N) is 2. The van der Waals surface area contributed by atoms with Gasteiger partial charge in [0.15, 0.2) is 5.69 Å². The lowest BCUT2D eigenvalue weighted by Gasteiger charge is -2.45. The minimum absolute atomic E-state index is 0.0636. The molecule has 1 amide bonds. The molecule has 2 aromatic rings. The number of piperazine rings is 1. The van der Waals surface area contributed by atoms with Crippen molar-refractivity contribution in [1.82, 2.24) is 20.4 Å². The molecule has 5 rings (SSSR count). The number of carbonyl (C=O) groups is 1. The number of alkyl halides is 1. The highest BCUT2D eigenvalue weighted by molar-refractivity contribution is 14.1. The number of amides is 1. The van der Waals surface area contributed by atoms with Crippen LogP contribution in [-0.2, 0) is 0 Å². The second-order valence-electron chi connectivity index (χ2n) is 5.41. The van der Waals surface area contributed by atoms with E-state index in [0.717, 1.165) is 30.4 Å². The number of hydrogen-bond donors (Lipinski definition) is 2. The van der Waals surface area contributed by atoms with E-state index < -0.39 is 0 Å². The van der Waals surface area contributed by atoms with Gasteiger partial charge in [0.25, 0.3) is 5.91 Å². The number of para-hydroxylation sites is 1. The summed E-state index contributed by atoms with van der Waals surface area (Å²) in [5, 5.41) is 11.5. The number of hydrogen-bond acceptors (Lipinski definition) is 3. The average molecular weight is 398 g/mol. The number of nitrogens with one attached hydrogen (secondary N) is 2. The van der Waals surface area contributed by atoms with Crippen LogP contribution in [0.5, 0.6) is 0 Å². The van der Waals surface area contributed by atoms with Crippen LogP contribution in [-0.4, -0.2) is 51.1 Å². The molecule has 6 heteroatoms. The molecule has 0 spiro atoms. The fourth-order valence-corrected chi connectivity index (χ4v) is 3.22. The maximum atomic E-state index is 12.7. The van der Waals surface area contributed by atoms with E-state index >= 15 is 0 Å². The number of halogens is 1. The van der Waals surface area contributed by atoms with Gasteiger partial charge >= 0.3 is 0 Å². The molecule has 112 valence electrons. The fourth-order valence-electron chi connectivity index (χ4n) is 3.22. The number of H-pyrrole nitrogens is 1. The zero-order valence-electron chi connectivity index (χ0n) is 12.0. The van der Waals surface area contributed by atoms with E-state index in [4.69, 9.17) is 0 Å².